The smallest absolute Gasteiger partial charge is 0.257 e. The fourth-order valence-corrected chi connectivity index (χ4v) is 3.02. The van der Waals surface area contributed by atoms with Crippen molar-refractivity contribution in [2.24, 2.45) is 0 Å². The third-order valence-corrected chi connectivity index (χ3v) is 4.09. The highest BCUT2D eigenvalue weighted by atomic mass is 16.7. The number of allylic oxidation sites excluding steroid dienone is 2. The molecule has 0 N–H and O–H groups in total. The molecule has 23 heavy (non-hydrogen) atoms. The summed E-state index contributed by atoms with van der Waals surface area (Å²) in [5.41, 5.74) is 1.51. The van der Waals surface area contributed by atoms with Crippen molar-refractivity contribution in [2.75, 3.05) is 18.6 Å². The Labute approximate surface area is 136 Å². The number of amides is 1. The maximum atomic E-state index is 12.5. The second kappa shape index (κ2) is 5.83. The van der Waals surface area contributed by atoms with E-state index in [-0.39, 0.29) is 18.1 Å². The molecule has 2 aliphatic heterocycles. The number of carbonyl (C=O) groups is 1. The number of ether oxygens (including phenoxy) is 3. The Morgan fingerprint density at radius 2 is 2.04 bits per heavy atom. The molecule has 0 aromatic heterocycles. The second-order valence-corrected chi connectivity index (χ2v) is 6.04. The summed E-state index contributed by atoms with van der Waals surface area (Å²) in [5.74, 6) is 0.0869. The Morgan fingerprint density at radius 1 is 1.35 bits per heavy atom. The summed E-state index contributed by atoms with van der Waals surface area (Å²) in [6.45, 7) is 7.90. The molecule has 1 aromatic rings. The van der Waals surface area contributed by atoms with E-state index < -0.39 is 5.79 Å². The molecule has 0 radical (unpaired) electrons. The third kappa shape index (κ3) is 2.78. The minimum atomic E-state index is -0.631. The van der Waals surface area contributed by atoms with Gasteiger partial charge in [0.2, 0.25) is 0 Å². The van der Waals surface area contributed by atoms with Crippen LogP contribution in [-0.2, 0) is 14.3 Å². The van der Waals surface area contributed by atoms with Gasteiger partial charge < -0.3 is 14.2 Å². The minimum absolute atomic E-state index is 0.0339. The molecule has 122 valence electrons. The third-order valence-electron chi connectivity index (χ3n) is 4.09. The van der Waals surface area contributed by atoms with Crippen molar-refractivity contribution >= 4 is 11.6 Å². The lowest BCUT2D eigenvalue weighted by atomic mass is 9.88. The molecule has 1 aromatic carbocycles. The van der Waals surface area contributed by atoms with Crippen molar-refractivity contribution < 1.29 is 19.0 Å². The number of β-lactam (4-membered cyclic amide) rings is 1. The van der Waals surface area contributed by atoms with Gasteiger partial charge in [-0.05, 0) is 38.1 Å². The van der Waals surface area contributed by atoms with Crippen molar-refractivity contribution in [3.05, 3.63) is 48.6 Å². The number of hydrogen-bond donors (Lipinski definition) is 0. The molecule has 1 amide bonds. The second-order valence-electron chi connectivity index (χ2n) is 6.04. The number of methoxy groups -OCH3 is 1. The summed E-state index contributed by atoms with van der Waals surface area (Å²) in [6, 6.07) is 7.25. The first-order chi connectivity index (χ1) is 11.0. The lowest BCUT2D eigenvalue weighted by Crippen LogP contribution is -2.61. The van der Waals surface area contributed by atoms with Crippen molar-refractivity contribution in [3.63, 3.8) is 0 Å². The van der Waals surface area contributed by atoms with Gasteiger partial charge in [0, 0.05) is 11.3 Å². The Bertz CT molecular complexity index is 647. The van der Waals surface area contributed by atoms with Crippen LogP contribution in [0.15, 0.2) is 48.6 Å². The molecule has 2 heterocycles. The van der Waals surface area contributed by atoms with E-state index in [9.17, 15) is 4.79 Å². The van der Waals surface area contributed by atoms with E-state index in [1.54, 1.807) is 24.2 Å². The van der Waals surface area contributed by atoms with Crippen molar-refractivity contribution in [2.45, 2.75) is 31.8 Å². The summed E-state index contributed by atoms with van der Waals surface area (Å²) < 4.78 is 16.8. The van der Waals surface area contributed by atoms with E-state index in [1.165, 1.54) is 0 Å². The van der Waals surface area contributed by atoms with E-state index in [0.717, 1.165) is 11.4 Å². The standard InChI is InChI=1S/C18H21NO4/c1-5-6-14-16(15-11-22-18(2,3)23-15)19(17(14)20)12-7-9-13(21-4)10-8-12/h5-10,15-16H,1,11H2,2-4H3/b14-6-. The summed E-state index contributed by atoms with van der Waals surface area (Å²) in [4.78, 5) is 14.3. The first kappa shape index (κ1) is 15.8. The molecule has 3 rings (SSSR count). The highest BCUT2D eigenvalue weighted by Gasteiger charge is 2.51. The number of hydrogen-bond acceptors (Lipinski definition) is 4. The van der Waals surface area contributed by atoms with Crippen LogP contribution >= 0.6 is 0 Å². The van der Waals surface area contributed by atoms with E-state index in [2.05, 4.69) is 6.58 Å². The maximum absolute atomic E-state index is 12.5. The quantitative estimate of drug-likeness (QED) is 0.633. The van der Waals surface area contributed by atoms with Crippen molar-refractivity contribution in [1.29, 1.82) is 0 Å². The highest BCUT2D eigenvalue weighted by molar-refractivity contribution is 6.15. The van der Waals surface area contributed by atoms with Crippen LogP contribution in [-0.4, -0.2) is 37.6 Å². The molecule has 5 heteroatoms. The molecule has 0 saturated carbocycles. The van der Waals surface area contributed by atoms with Crippen LogP contribution in [0.3, 0.4) is 0 Å². The number of anilines is 1. The molecule has 0 aliphatic carbocycles. The van der Waals surface area contributed by atoms with Crippen LogP contribution < -0.4 is 9.64 Å². The monoisotopic (exact) mass is 315 g/mol. The predicted octanol–water partition coefficient (Wildman–Crippen LogP) is 2.67. The Balaban J connectivity index is 1.90. The van der Waals surface area contributed by atoms with E-state index in [0.29, 0.717) is 12.2 Å². The molecule has 0 bridgehead atoms. The van der Waals surface area contributed by atoms with Crippen LogP contribution in [0.1, 0.15) is 13.8 Å². The minimum Gasteiger partial charge on any atom is -0.497 e. The zero-order valence-electron chi connectivity index (χ0n) is 13.6. The van der Waals surface area contributed by atoms with E-state index in [1.807, 2.05) is 38.1 Å². The molecule has 0 spiro atoms. The van der Waals surface area contributed by atoms with E-state index >= 15 is 0 Å². The summed E-state index contributed by atoms with van der Waals surface area (Å²) in [5, 5.41) is 0. The number of benzene rings is 1. The average molecular weight is 315 g/mol. The number of carbonyl (C=O) groups excluding carboxylic acids is 1. The molecular formula is C18H21NO4. The van der Waals surface area contributed by atoms with Crippen molar-refractivity contribution in [1.82, 2.24) is 0 Å². The van der Waals surface area contributed by atoms with Gasteiger partial charge in [-0.15, -0.1) is 0 Å². The first-order valence-corrected chi connectivity index (χ1v) is 7.59. The SMILES string of the molecule is C=C/C=C1\C(=O)N(c2ccc(OC)cc2)C1C1COC(C)(C)O1. The van der Waals surface area contributed by atoms with Gasteiger partial charge in [0.25, 0.3) is 5.91 Å². The summed E-state index contributed by atoms with van der Waals surface area (Å²) in [6.07, 6.45) is 3.19. The first-order valence-electron chi connectivity index (χ1n) is 7.59. The molecule has 5 nitrogen and oxygen atoms in total. The van der Waals surface area contributed by atoms with Gasteiger partial charge in [0.15, 0.2) is 5.79 Å². The zero-order chi connectivity index (χ0) is 16.6. The van der Waals surface area contributed by atoms with Crippen LogP contribution in [0, 0.1) is 0 Å². The molecular weight excluding hydrogens is 294 g/mol. The van der Waals surface area contributed by atoms with Crippen molar-refractivity contribution in [3.8, 4) is 5.75 Å². The predicted molar refractivity (Wildman–Crippen MR) is 87.5 cm³/mol. The van der Waals surface area contributed by atoms with Gasteiger partial charge in [-0.25, -0.2) is 0 Å². The summed E-state index contributed by atoms with van der Waals surface area (Å²) in [7, 11) is 1.61. The topological polar surface area (TPSA) is 48.0 Å². The lowest BCUT2D eigenvalue weighted by Gasteiger charge is -2.45. The molecule has 2 atom stereocenters. The van der Waals surface area contributed by atoms with E-state index in [4.69, 9.17) is 14.2 Å². The molecule has 2 aliphatic rings. The molecule has 2 unspecified atom stereocenters. The van der Waals surface area contributed by atoms with Gasteiger partial charge in [0.1, 0.15) is 11.9 Å². The largest absolute Gasteiger partial charge is 0.497 e. The van der Waals surface area contributed by atoms with Gasteiger partial charge >= 0.3 is 0 Å². The fourth-order valence-electron chi connectivity index (χ4n) is 3.02. The molecule has 2 saturated heterocycles. The van der Waals surface area contributed by atoms with Crippen LogP contribution in [0.4, 0.5) is 5.69 Å². The van der Waals surface area contributed by atoms with Crippen LogP contribution in [0.5, 0.6) is 5.75 Å². The zero-order valence-corrected chi connectivity index (χ0v) is 13.6. The molecule has 2 fully saturated rings. The Hall–Kier alpha value is -2.11. The normalized spacial score (nSPS) is 27.9. The lowest BCUT2D eigenvalue weighted by molar-refractivity contribution is -0.143. The highest BCUT2D eigenvalue weighted by Crippen LogP contribution is 2.39. The maximum Gasteiger partial charge on any atom is 0.257 e. The number of rotatable bonds is 4. The van der Waals surface area contributed by atoms with Crippen LogP contribution in [0.2, 0.25) is 0 Å². The van der Waals surface area contributed by atoms with Crippen LogP contribution in [0.25, 0.3) is 0 Å². The number of nitrogens with zero attached hydrogens (tertiary/aromatic N) is 1. The van der Waals surface area contributed by atoms with Gasteiger partial charge in [0.05, 0.1) is 19.8 Å². The summed E-state index contributed by atoms with van der Waals surface area (Å²) >= 11 is 0. The Morgan fingerprint density at radius 3 is 2.57 bits per heavy atom. The van der Waals surface area contributed by atoms with Gasteiger partial charge in [-0.1, -0.05) is 18.7 Å². The Kier molecular flexibility index (Phi) is 4.00. The van der Waals surface area contributed by atoms with Gasteiger partial charge in [-0.3, -0.25) is 9.69 Å². The average Bonchev–Trinajstić information content (AvgIpc) is 2.89. The fraction of sp³-hybridized carbons (Fsp3) is 0.389. The van der Waals surface area contributed by atoms with Gasteiger partial charge in [-0.2, -0.15) is 0 Å².